The number of likely N-dealkylation sites (tertiary alicyclic amines) is 1. The molecule has 28 heavy (non-hydrogen) atoms. The van der Waals surface area contributed by atoms with Crippen LogP contribution in [0.5, 0.6) is 5.75 Å². The van der Waals surface area contributed by atoms with Crippen LogP contribution in [0.3, 0.4) is 0 Å². The van der Waals surface area contributed by atoms with Gasteiger partial charge < -0.3 is 9.64 Å². The predicted octanol–water partition coefficient (Wildman–Crippen LogP) is 3.05. The summed E-state index contributed by atoms with van der Waals surface area (Å²) in [6.07, 6.45) is 1.53. The number of ether oxygens (including phenoxy) is 1. The molecule has 1 heterocycles. The van der Waals surface area contributed by atoms with E-state index in [9.17, 15) is 13.2 Å². The highest BCUT2D eigenvalue weighted by molar-refractivity contribution is 9.10. The van der Waals surface area contributed by atoms with Gasteiger partial charge in [-0.15, -0.1) is 0 Å². The van der Waals surface area contributed by atoms with Crippen molar-refractivity contribution in [2.75, 3.05) is 26.2 Å². The van der Waals surface area contributed by atoms with Crippen molar-refractivity contribution >= 4 is 31.9 Å². The number of amides is 1. The molecule has 0 bridgehead atoms. The molecule has 0 atom stereocenters. The molecule has 0 aliphatic carbocycles. The molecule has 3 rings (SSSR count). The Labute approximate surface area is 174 Å². The standard InChI is InChI=1S/C20H23BrN2O4S/c21-17-6-8-19(9-7-17)28(25,26)22-14-16-10-12-23(13-11-16)20(24)15-27-18-4-2-1-3-5-18/h1-9,16,22H,10-15H2. The van der Waals surface area contributed by atoms with Gasteiger partial charge in [0.1, 0.15) is 5.75 Å². The van der Waals surface area contributed by atoms with Gasteiger partial charge in [0.15, 0.2) is 6.61 Å². The maximum Gasteiger partial charge on any atom is 0.260 e. The molecule has 1 saturated heterocycles. The van der Waals surface area contributed by atoms with E-state index in [-0.39, 0.29) is 23.3 Å². The molecular weight excluding hydrogens is 444 g/mol. The van der Waals surface area contributed by atoms with Crippen molar-refractivity contribution in [3.63, 3.8) is 0 Å². The van der Waals surface area contributed by atoms with Gasteiger partial charge >= 0.3 is 0 Å². The maximum atomic E-state index is 12.4. The molecule has 8 heteroatoms. The SMILES string of the molecule is O=C(COc1ccccc1)N1CCC(CNS(=O)(=O)c2ccc(Br)cc2)CC1. The number of sulfonamides is 1. The van der Waals surface area contributed by atoms with Crippen molar-refractivity contribution in [2.45, 2.75) is 17.7 Å². The van der Waals surface area contributed by atoms with Crippen LogP contribution in [-0.2, 0) is 14.8 Å². The van der Waals surface area contributed by atoms with E-state index in [2.05, 4.69) is 20.7 Å². The maximum absolute atomic E-state index is 12.4. The Morgan fingerprint density at radius 3 is 2.36 bits per heavy atom. The second-order valence-corrected chi connectivity index (χ2v) is 9.41. The van der Waals surface area contributed by atoms with Crippen molar-refractivity contribution in [3.05, 3.63) is 59.1 Å². The molecule has 0 radical (unpaired) electrons. The number of hydrogen-bond acceptors (Lipinski definition) is 4. The zero-order valence-electron chi connectivity index (χ0n) is 15.4. The molecule has 0 unspecified atom stereocenters. The van der Waals surface area contributed by atoms with Crippen molar-refractivity contribution in [2.24, 2.45) is 5.92 Å². The van der Waals surface area contributed by atoms with Crippen LogP contribution in [0.1, 0.15) is 12.8 Å². The minimum Gasteiger partial charge on any atom is -0.484 e. The fourth-order valence-electron chi connectivity index (χ4n) is 3.06. The molecule has 1 amide bonds. The van der Waals surface area contributed by atoms with Crippen LogP contribution in [-0.4, -0.2) is 45.5 Å². The number of rotatable bonds is 7. The first-order chi connectivity index (χ1) is 13.4. The summed E-state index contributed by atoms with van der Waals surface area (Å²) in [5.74, 6) is 0.843. The predicted molar refractivity (Wildman–Crippen MR) is 111 cm³/mol. The molecule has 1 fully saturated rings. The smallest absolute Gasteiger partial charge is 0.260 e. The Bertz CT molecular complexity index is 880. The Hall–Kier alpha value is -1.90. The van der Waals surface area contributed by atoms with E-state index >= 15 is 0 Å². The van der Waals surface area contributed by atoms with Crippen LogP contribution in [0.15, 0.2) is 64.0 Å². The highest BCUT2D eigenvalue weighted by Crippen LogP contribution is 2.19. The van der Waals surface area contributed by atoms with E-state index in [0.717, 1.165) is 17.3 Å². The summed E-state index contributed by atoms with van der Waals surface area (Å²) in [6.45, 7) is 1.62. The average Bonchev–Trinajstić information content (AvgIpc) is 2.72. The van der Waals surface area contributed by atoms with Gasteiger partial charge in [0.2, 0.25) is 10.0 Å². The van der Waals surface area contributed by atoms with Crippen molar-refractivity contribution in [1.82, 2.24) is 9.62 Å². The first-order valence-corrected chi connectivity index (χ1v) is 11.4. The zero-order chi connectivity index (χ0) is 20.0. The number of nitrogens with one attached hydrogen (secondary N) is 1. The van der Waals surface area contributed by atoms with Crippen LogP contribution in [0.25, 0.3) is 0 Å². The molecule has 1 aliphatic heterocycles. The molecule has 0 saturated carbocycles. The second kappa shape index (κ2) is 9.54. The minimum absolute atomic E-state index is 0.0187. The van der Waals surface area contributed by atoms with Crippen LogP contribution >= 0.6 is 15.9 Å². The molecule has 0 spiro atoms. The van der Waals surface area contributed by atoms with Gasteiger partial charge in [-0.1, -0.05) is 34.1 Å². The molecule has 1 aliphatic rings. The topological polar surface area (TPSA) is 75.7 Å². The Morgan fingerprint density at radius 1 is 1.07 bits per heavy atom. The monoisotopic (exact) mass is 466 g/mol. The largest absolute Gasteiger partial charge is 0.484 e. The summed E-state index contributed by atoms with van der Waals surface area (Å²) < 4.78 is 33.8. The van der Waals surface area contributed by atoms with E-state index in [1.54, 1.807) is 29.2 Å². The highest BCUT2D eigenvalue weighted by atomic mass is 79.9. The molecule has 6 nitrogen and oxygen atoms in total. The third kappa shape index (κ3) is 5.80. The number of carbonyl (C=O) groups excluding carboxylic acids is 1. The molecular formula is C20H23BrN2O4S. The number of benzene rings is 2. The Balaban J connectivity index is 1.42. The number of para-hydroxylation sites is 1. The van der Waals surface area contributed by atoms with E-state index < -0.39 is 10.0 Å². The normalized spacial score (nSPS) is 15.4. The number of carbonyl (C=O) groups is 1. The lowest BCUT2D eigenvalue weighted by molar-refractivity contribution is -0.134. The summed E-state index contributed by atoms with van der Waals surface area (Å²) in [4.78, 5) is 14.3. The van der Waals surface area contributed by atoms with Crippen molar-refractivity contribution in [1.29, 1.82) is 0 Å². The quantitative estimate of drug-likeness (QED) is 0.680. The summed E-state index contributed by atoms with van der Waals surface area (Å²) in [5.41, 5.74) is 0. The van der Waals surface area contributed by atoms with Crippen LogP contribution < -0.4 is 9.46 Å². The second-order valence-electron chi connectivity index (χ2n) is 6.73. The van der Waals surface area contributed by atoms with E-state index in [0.29, 0.717) is 25.4 Å². The highest BCUT2D eigenvalue weighted by Gasteiger charge is 2.24. The van der Waals surface area contributed by atoms with Crippen LogP contribution in [0, 0.1) is 5.92 Å². The van der Waals surface area contributed by atoms with Crippen molar-refractivity contribution in [3.8, 4) is 5.75 Å². The number of piperidine rings is 1. The lowest BCUT2D eigenvalue weighted by Gasteiger charge is -2.32. The molecule has 0 aromatic heterocycles. The summed E-state index contributed by atoms with van der Waals surface area (Å²) in [7, 11) is -3.52. The van der Waals surface area contributed by atoms with Crippen LogP contribution in [0.4, 0.5) is 0 Å². The first-order valence-electron chi connectivity index (χ1n) is 9.15. The third-order valence-electron chi connectivity index (χ3n) is 4.76. The van der Waals surface area contributed by atoms with Gasteiger partial charge in [-0.3, -0.25) is 4.79 Å². The van der Waals surface area contributed by atoms with Crippen LogP contribution in [0.2, 0.25) is 0 Å². The zero-order valence-corrected chi connectivity index (χ0v) is 17.8. The van der Waals surface area contributed by atoms with Gasteiger partial charge in [-0.25, -0.2) is 13.1 Å². The van der Waals surface area contributed by atoms with E-state index in [1.807, 2.05) is 30.3 Å². The number of hydrogen-bond donors (Lipinski definition) is 1. The molecule has 150 valence electrons. The van der Waals surface area contributed by atoms with Crippen molar-refractivity contribution < 1.29 is 17.9 Å². The van der Waals surface area contributed by atoms with E-state index in [1.165, 1.54) is 0 Å². The lowest BCUT2D eigenvalue weighted by Crippen LogP contribution is -2.43. The fourth-order valence-corrected chi connectivity index (χ4v) is 4.44. The Kier molecular flexibility index (Phi) is 7.09. The first kappa shape index (κ1) is 20.8. The van der Waals surface area contributed by atoms with E-state index in [4.69, 9.17) is 4.74 Å². The fraction of sp³-hybridized carbons (Fsp3) is 0.350. The van der Waals surface area contributed by atoms with Gasteiger partial charge in [-0.05, 0) is 55.2 Å². The summed E-state index contributed by atoms with van der Waals surface area (Å²) in [5, 5.41) is 0. The number of halogens is 1. The molecule has 1 N–H and O–H groups in total. The van der Waals surface area contributed by atoms with Gasteiger partial charge in [0, 0.05) is 24.1 Å². The minimum atomic E-state index is -3.52. The Morgan fingerprint density at radius 2 is 1.71 bits per heavy atom. The van der Waals surface area contributed by atoms with Gasteiger partial charge in [-0.2, -0.15) is 0 Å². The van der Waals surface area contributed by atoms with Gasteiger partial charge in [0.05, 0.1) is 4.90 Å². The summed E-state index contributed by atoms with van der Waals surface area (Å²) >= 11 is 3.30. The number of nitrogens with zero attached hydrogens (tertiary/aromatic N) is 1. The summed E-state index contributed by atoms with van der Waals surface area (Å²) in [6, 6.07) is 15.8. The third-order valence-corrected chi connectivity index (χ3v) is 6.73. The van der Waals surface area contributed by atoms with Gasteiger partial charge in [0.25, 0.3) is 5.91 Å². The lowest BCUT2D eigenvalue weighted by atomic mass is 9.97. The molecule has 2 aromatic rings. The average molecular weight is 467 g/mol. The molecule has 2 aromatic carbocycles.